The smallest absolute Gasteiger partial charge is 0.146 e. The maximum Gasteiger partial charge on any atom is 0.146 e. The SMILES string of the molecule is COc1ccc(Cc2nc3cc(C)ccc3nc2N)c(OC)c1. The van der Waals surface area contributed by atoms with E-state index < -0.39 is 0 Å². The molecule has 0 aliphatic rings. The molecule has 0 amide bonds. The summed E-state index contributed by atoms with van der Waals surface area (Å²) in [5.41, 5.74) is 10.6. The first kappa shape index (κ1) is 15.1. The third-order valence-corrected chi connectivity index (χ3v) is 3.78. The lowest BCUT2D eigenvalue weighted by molar-refractivity contribution is 0.391. The van der Waals surface area contributed by atoms with Crippen LogP contribution in [0.4, 0.5) is 5.82 Å². The van der Waals surface area contributed by atoms with Crippen molar-refractivity contribution >= 4 is 16.9 Å². The zero-order valence-electron chi connectivity index (χ0n) is 13.5. The molecule has 0 atom stereocenters. The number of aromatic nitrogens is 2. The highest BCUT2D eigenvalue weighted by Crippen LogP contribution is 2.28. The molecule has 0 radical (unpaired) electrons. The van der Waals surface area contributed by atoms with Crippen molar-refractivity contribution < 1.29 is 9.47 Å². The number of nitrogens with two attached hydrogens (primary N) is 1. The molecule has 0 unspecified atom stereocenters. The normalized spacial score (nSPS) is 10.7. The second kappa shape index (κ2) is 6.12. The van der Waals surface area contributed by atoms with Crippen molar-refractivity contribution in [2.45, 2.75) is 13.3 Å². The van der Waals surface area contributed by atoms with Crippen LogP contribution in [-0.4, -0.2) is 24.2 Å². The van der Waals surface area contributed by atoms with Gasteiger partial charge in [-0.15, -0.1) is 0 Å². The molecule has 1 heterocycles. The molecule has 5 heteroatoms. The molecule has 3 aromatic rings. The summed E-state index contributed by atoms with van der Waals surface area (Å²) in [5.74, 6) is 1.94. The van der Waals surface area contributed by atoms with Gasteiger partial charge in [0.15, 0.2) is 0 Å². The maximum absolute atomic E-state index is 6.08. The van der Waals surface area contributed by atoms with Crippen molar-refractivity contribution in [2.75, 3.05) is 20.0 Å². The van der Waals surface area contributed by atoms with E-state index in [9.17, 15) is 0 Å². The van der Waals surface area contributed by atoms with Crippen molar-refractivity contribution in [3.63, 3.8) is 0 Å². The van der Waals surface area contributed by atoms with Gasteiger partial charge < -0.3 is 15.2 Å². The minimum atomic E-state index is 0.444. The first-order chi connectivity index (χ1) is 11.1. The molecule has 0 aliphatic carbocycles. The van der Waals surface area contributed by atoms with Gasteiger partial charge in [-0.1, -0.05) is 12.1 Å². The van der Waals surface area contributed by atoms with Gasteiger partial charge in [0.1, 0.15) is 17.3 Å². The molecule has 0 fully saturated rings. The summed E-state index contributed by atoms with van der Waals surface area (Å²) in [6.45, 7) is 2.03. The van der Waals surface area contributed by atoms with Crippen LogP contribution in [0.25, 0.3) is 11.0 Å². The molecule has 23 heavy (non-hydrogen) atoms. The number of benzene rings is 2. The van der Waals surface area contributed by atoms with Gasteiger partial charge in [-0.3, -0.25) is 0 Å². The van der Waals surface area contributed by atoms with E-state index in [0.29, 0.717) is 12.2 Å². The van der Waals surface area contributed by atoms with Crippen LogP contribution in [0.5, 0.6) is 11.5 Å². The highest BCUT2D eigenvalue weighted by molar-refractivity contribution is 5.77. The number of ether oxygens (including phenoxy) is 2. The summed E-state index contributed by atoms with van der Waals surface area (Å²) in [4.78, 5) is 9.13. The zero-order chi connectivity index (χ0) is 16.4. The molecule has 5 nitrogen and oxygen atoms in total. The predicted octanol–water partition coefficient (Wildman–Crippen LogP) is 3.13. The van der Waals surface area contributed by atoms with Crippen molar-refractivity contribution in [2.24, 2.45) is 0 Å². The number of hydrogen-bond acceptors (Lipinski definition) is 5. The molecule has 0 saturated heterocycles. The first-order valence-corrected chi connectivity index (χ1v) is 7.34. The van der Waals surface area contributed by atoms with Crippen LogP contribution in [0.1, 0.15) is 16.8 Å². The molecule has 0 bridgehead atoms. The van der Waals surface area contributed by atoms with E-state index in [-0.39, 0.29) is 0 Å². The lowest BCUT2D eigenvalue weighted by Gasteiger charge is -2.11. The Labute approximate surface area is 135 Å². The molecule has 1 aromatic heterocycles. The van der Waals surface area contributed by atoms with E-state index in [4.69, 9.17) is 15.2 Å². The Morgan fingerprint density at radius 2 is 1.78 bits per heavy atom. The second-order valence-corrected chi connectivity index (χ2v) is 5.40. The molecule has 118 valence electrons. The van der Waals surface area contributed by atoms with E-state index in [1.165, 1.54) is 0 Å². The molecule has 3 rings (SSSR count). The van der Waals surface area contributed by atoms with Crippen LogP contribution in [0.15, 0.2) is 36.4 Å². The van der Waals surface area contributed by atoms with Crippen molar-refractivity contribution in [3.05, 3.63) is 53.2 Å². The summed E-state index contributed by atoms with van der Waals surface area (Å²) in [6.07, 6.45) is 0.551. The summed E-state index contributed by atoms with van der Waals surface area (Å²) < 4.78 is 10.7. The number of hydrogen-bond donors (Lipinski definition) is 1. The third-order valence-electron chi connectivity index (χ3n) is 3.78. The number of aryl methyl sites for hydroxylation is 1. The van der Waals surface area contributed by atoms with Crippen molar-refractivity contribution in [1.82, 2.24) is 9.97 Å². The summed E-state index contributed by atoms with van der Waals surface area (Å²) in [5, 5.41) is 0. The Hall–Kier alpha value is -2.82. The Morgan fingerprint density at radius 3 is 2.52 bits per heavy atom. The fourth-order valence-electron chi connectivity index (χ4n) is 2.52. The van der Waals surface area contributed by atoms with Gasteiger partial charge in [-0.05, 0) is 30.7 Å². The molecular weight excluding hydrogens is 290 g/mol. The van der Waals surface area contributed by atoms with Crippen LogP contribution in [0.3, 0.4) is 0 Å². The number of anilines is 1. The monoisotopic (exact) mass is 309 g/mol. The van der Waals surface area contributed by atoms with Gasteiger partial charge in [0.25, 0.3) is 0 Å². The topological polar surface area (TPSA) is 70.3 Å². The summed E-state index contributed by atoms with van der Waals surface area (Å²) in [6, 6.07) is 11.7. The Kier molecular flexibility index (Phi) is 4.02. The Balaban J connectivity index is 2.02. The standard InChI is InChI=1S/C18H19N3O2/c1-11-4-7-14-15(8-11)20-16(18(19)21-14)9-12-5-6-13(22-2)10-17(12)23-3/h4-8,10H,9H2,1-3H3,(H2,19,21). The van der Waals surface area contributed by atoms with E-state index in [0.717, 1.165) is 39.4 Å². The number of nitrogen functional groups attached to an aromatic ring is 1. The molecule has 0 saturated carbocycles. The van der Waals surface area contributed by atoms with Gasteiger partial charge in [0.2, 0.25) is 0 Å². The van der Waals surface area contributed by atoms with Gasteiger partial charge in [0, 0.05) is 18.1 Å². The highest BCUT2D eigenvalue weighted by Gasteiger charge is 2.11. The van der Waals surface area contributed by atoms with Gasteiger partial charge in [-0.25, -0.2) is 9.97 Å². The van der Waals surface area contributed by atoms with Gasteiger partial charge in [0.05, 0.1) is 30.9 Å². The Bertz CT molecular complexity index is 862. The third kappa shape index (κ3) is 3.04. The van der Waals surface area contributed by atoms with E-state index in [1.807, 2.05) is 43.3 Å². The van der Waals surface area contributed by atoms with Crippen molar-refractivity contribution in [1.29, 1.82) is 0 Å². The van der Waals surface area contributed by atoms with Crippen LogP contribution in [0, 0.1) is 6.92 Å². The van der Waals surface area contributed by atoms with Crippen LogP contribution in [0.2, 0.25) is 0 Å². The molecule has 0 spiro atoms. The quantitative estimate of drug-likeness (QED) is 0.802. The first-order valence-electron chi connectivity index (χ1n) is 7.34. The average molecular weight is 309 g/mol. The van der Waals surface area contributed by atoms with Gasteiger partial charge >= 0.3 is 0 Å². The molecule has 2 aromatic carbocycles. The van der Waals surface area contributed by atoms with Crippen molar-refractivity contribution in [3.8, 4) is 11.5 Å². The fraction of sp³-hybridized carbons (Fsp3) is 0.222. The minimum absolute atomic E-state index is 0.444. The number of fused-ring (bicyclic) bond motifs is 1. The number of nitrogens with zero attached hydrogens (tertiary/aromatic N) is 2. The number of methoxy groups -OCH3 is 2. The van der Waals surface area contributed by atoms with Crippen LogP contribution >= 0.6 is 0 Å². The van der Waals surface area contributed by atoms with E-state index in [2.05, 4.69) is 9.97 Å². The minimum Gasteiger partial charge on any atom is -0.497 e. The lowest BCUT2D eigenvalue weighted by atomic mass is 10.1. The fourth-order valence-corrected chi connectivity index (χ4v) is 2.52. The average Bonchev–Trinajstić information content (AvgIpc) is 2.56. The molecule has 0 aliphatic heterocycles. The largest absolute Gasteiger partial charge is 0.497 e. The predicted molar refractivity (Wildman–Crippen MR) is 91.0 cm³/mol. The molecule has 2 N–H and O–H groups in total. The zero-order valence-corrected chi connectivity index (χ0v) is 13.5. The summed E-state index contributed by atoms with van der Waals surface area (Å²) in [7, 11) is 3.26. The Morgan fingerprint density at radius 1 is 0.957 bits per heavy atom. The maximum atomic E-state index is 6.08. The molecular formula is C18H19N3O2. The second-order valence-electron chi connectivity index (χ2n) is 5.40. The van der Waals surface area contributed by atoms with Crippen LogP contribution in [-0.2, 0) is 6.42 Å². The van der Waals surface area contributed by atoms with Crippen LogP contribution < -0.4 is 15.2 Å². The van der Waals surface area contributed by atoms with E-state index in [1.54, 1.807) is 14.2 Å². The number of rotatable bonds is 4. The highest BCUT2D eigenvalue weighted by atomic mass is 16.5. The van der Waals surface area contributed by atoms with Gasteiger partial charge in [-0.2, -0.15) is 0 Å². The van der Waals surface area contributed by atoms with E-state index >= 15 is 0 Å². The lowest BCUT2D eigenvalue weighted by Crippen LogP contribution is -2.04. The summed E-state index contributed by atoms with van der Waals surface area (Å²) >= 11 is 0.